The standard InChI is InChI=1S/C21H29N5O6S/c1-10(18(28)26-17(11(2)27)21(31)32)24-20(30)16(9-33)25-19(29)14(22)7-12-8-23-15-6-4-3-5-13(12)15/h3-6,8,10-11,14,16-17,23,27,33H,7,9,22H2,1-2H3,(H,24,30)(H,25,29)(H,26,28)(H,31,32). The summed E-state index contributed by atoms with van der Waals surface area (Å²) in [5.74, 6) is -3.54. The van der Waals surface area contributed by atoms with E-state index in [1.54, 1.807) is 6.20 Å². The predicted octanol–water partition coefficient (Wildman–Crippen LogP) is -1.09. The van der Waals surface area contributed by atoms with Crippen LogP contribution in [0.5, 0.6) is 0 Å². The lowest BCUT2D eigenvalue weighted by Crippen LogP contribution is -2.58. The molecule has 0 aliphatic heterocycles. The Morgan fingerprint density at radius 3 is 2.33 bits per heavy atom. The van der Waals surface area contributed by atoms with Gasteiger partial charge in [0, 0.05) is 22.9 Å². The molecule has 8 N–H and O–H groups in total. The third-order valence-corrected chi connectivity index (χ3v) is 5.43. The molecule has 3 amide bonds. The highest BCUT2D eigenvalue weighted by atomic mass is 32.1. The number of nitrogens with two attached hydrogens (primary N) is 1. The minimum atomic E-state index is -1.53. The monoisotopic (exact) mass is 479 g/mol. The summed E-state index contributed by atoms with van der Waals surface area (Å²) in [7, 11) is 0. The van der Waals surface area contributed by atoms with Crippen molar-refractivity contribution in [2.75, 3.05) is 5.75 Å². The number of aromatic amines is 1. The average Bonchev–Trinajstić information content (AvgIpc) is 3.17. The van der Waals surface area contributed by atoms with Crippen LogP contribution in [0, 0.1) is 0 Å². The molecule has 5 unspecified atom stereocenters. The van der Waals surface area contributed by atoms with Gasteiger partial charge in [-0.25, -0.2) is 4.79 Å². The predicted molar refractivity (Wildman–Crippen MR) is 125 cm³/mol. The van der Waals surface area contributed by atoms with Crippen molar-refractivity contribution in [3.05, 3.63) is 36.0 Å². The number of carboxylic acid groups (broad SMARTS) is 1. The van der Waals surface area contributed by atoms with Crippen LogP contribution in [-0.2, 0) is 25.6 Å². The normalized spacial score (nSPS) is 15.7. The summed E-state index contributed by atoms with van der Waals surface area (Å²) in [5, 5.41) is 26.5. The van der Waals surface area contributed by atoms with Gasteiger partial charge < -0.3 is 36.9 Å². The molecule has 1 heterocycles. The second-order valence-electron chi connectivity index (χ2n) is 7.71. The fraction of sp³-hybridized carbons (Fsp3) is 0.429. The molecule has 12 heteroatoms. The van der Waals surface area contributed by atoms with E-state index in [0.717, 1.165) is 16.5 Å². The second-order valence-corrected chi connectivity index (χ2v) is 8.07. The van der Waals surface area contributed by atoms with E-state index in [1.165, 1.54) is 13.8 Å². The number of thiol groups is 1. The lowest BCUT2D eigenvalue weighted by atomic mass is 10.0. The third-order valence-electron chi connectivity index (χ3n) is 5.07. The Labute approximate surface area is 195 Å². The Morgan fingerprint density at radius 1 is 1.06 bits per heavy atom. The van der Waals surface area contributed by atoms with E-state index in [-0.39, 0.29) is 12.2 Å². The van der Waals surface area contributed by atoms with Gasteiger partial charge in [-0.3, -0.25) is 14.4 Å². The molecule has 0 saturated carbocycles. The number of amides is 3. The third kappa shape index (κ3) is 6.94. The Morgan fingerprint density at radius 2 is 1.73 bits per heavy atom. The van der Waals surface area contributed by atoms with Crippen molar-refractivity contribution in [1.82, 2.24) is 20.9 Å². The number of nitrogens with one attached hydrogen (secondary N) is 4. The lowest BCUT2D eigenvalue weighted by Gasteiger charge is -2.23. The summed E-state index contributed by atoms with van der Waals surface area (Å²) < 4.78 is 0. The molecule has 33 heavy (non-hydrogen) atoms. The van der Waals surface area contributed by atoms with Crippen molar-refractivity contribution in [2.24, 2.45) is 5.73 Å². The zero-order chi connectivity index (χ0) is 24.7. The van der Waals surface area contributed by atoms with Gasteiger partial charge in [0.1, 0.15) is 12.1 Å². The molecular weight excluding hydrogens is 450 g/mol. The van der Waals surface area contributed by atoms with Gasteiger partial charge in [0.05, 0.1) is 12.1 Å². The van der Waals surface area contributed by atoms with Crippen LogP contribution in [0.15, 0.2) is 30.5 Å². The van der Waals surface area contributed by atoms with Crippen molar-refractivity contribution in [3.63, 3.8) is 0 Å². The minimum Gasteiger partial charge on any atom is -0.480 e. The topological polar surface area (TPSA) is 187 Å². The number of para-hydroxylation sites is 1. The van der Waals surface area contributed by atoms with Gasteiger partial charge in [-0.15, -0.1) is 0 Å². The molecule has 0 aliphatic rings. The average molecular weight is 480 g/mol. The molecule has 1 aromatic heterocycles. The van der Waals surface area contributed by atoms with Gasteiger partial charge in [-0.05, 0) is 31.9 Å². The molecule has 0 saturated heterocycles. The summed E-state index contributed by atoms with van der Waals surface area (Å²) in [6.07, 6.45) is 0.682. The Balaban J connectivity index is 1.94. The van der Waals surface area contributed by atoms with Crippen molar-refractivity contribution >= 4 is 47.2 Å². The second kappa shape index (κ2) is 11.7. The first-order valence-electron chi connectivity index (χ1n) is 10.3. The van der Waals surface area contributed by atoms with E-state index in [2.05, 4.69) is 33.6 Å². The highest BCUT2D eigenvalue weighted by molar-refractivity contribution is 7.80. The number of H-pyrrole nitrogens is 1. The number of fused-ring (bicyclic) bond motifs is 1. The molecule has 5 atom stereocenters. The van der Waals surface area contributed by atoms with Crippen LogP contribution in [0.4, 0.5) is 0 Å². The molecule has 11 nitrogen and oxygen atoms in total. The number of aliphatic carboxylic acids is 1. The molecule has 1 aromatic carbocycles. The molecule has 0 spiro atoms. The number of rotatable bonds is 11. The summed E-state index contributed by atoms with van der Waals surface area (Å²) >= 11 is 4.09. The van der Waals surface area contributed by atoms with Gasteiger partial charge in [0.25, 0.3) is 0 Å². The molecule has 0 bridgehead atoms. The number of hydrogen-bond donors (Lipinski definition) is 8. The number of aliphatic hydroxyl groups excluding tert-OH is 1. The molecule has 2 aromatic rings. The maximum Gasteiger partial charge on any atom is 0.328 e. The highest BCUT2D eigenvalue weighted by Crippen LogP contribution is 2.18. The van der Waals surface area contributed by atoms with Crippen molar-refractivity contribution < 1.29 is 29.4 Å². The molecule has 180 valence electrons. The van der Waals surface area contributed by atoms with E-state index < -0.39 is 54.0 Å². The first kappa shape index (κ1) is 26.2. The van der Waals surface area contributed by atoms with Gasteiger partial charge in [-0.2, -0.15) is 12.6 Å². The number of benzene rings is 1. The first-order valence-corrected chi connectivity index (χ1v) is 10.9. The van der Waals surface area contributed by atoms with Gasteiger partial charge >= 0.3 is 5.97 Å². The number of carbonyl (C=O) groups is 4. The van der Waals surface area contributed by atoms with Crippen LogP contribution in [-0.4, -0.2) is 74.9 Å². The SMILES string of the molecule is CC(NC(=O)C(CS)NC(=O)C(N)Cc1c[nH]c2ccccc12)C(=O)NC(C(=O)O)C(C)O. The Kier molecular flexibility index (Phi) is 9.26. The fourth-order valence-electron chi connectivity index (χ4n) is 3.15. The number of carbonyl (C=O) groups excluding carboxylic acids is 3. The summed E-state index contributed by atoms with van der Waals surface area (Å²) in [4.78, 5) is 51.5. The van der Waals surface area contributed by atoms with Crippen molar-refractivity contribution in [1.29, 1.82) is 0 Å². The largest absolute Gasteiger partial charge is 0.480 e. The van der Waals surface area contributed by atoms with Crippen molar-refractivity contribution in [2.45, 2.75) is 50.5 Å². The molecule has 0 aliphatic carbocycles. The number of hydrogen-bond acceptors (Lipinski definition) is 7. The van der Waals surface area contributed by atoms with Crippen molar-refractivity contribution in [3.8, 4) is 0 Å². The van der Waals surface area contributed by atoms with Gasteiger partial charge in [0.2, 0.25) is 17.7 Å². The number of aliphatic hydroxyl groups is 1. The minimum absolute atomic E-state index is 0.0584. The summed E-state index contributed by atoms with van der Waals surface area (Å²) in [6, 6.07) is 2.93. The molecule has 2 rings (SSSR count). The van der Waals surface area contributed by atoms with E-state index >= 15 is 0 Å². The maximum atomic E-state index is 12.6. The number of carboxylic acids is 1. The zero-order valence-electron chi connectivity index (χ0n) is 18.2. The van der Waals surface area contributed by atoms with E-state index in [1.807, 2.05) is 24.3 Å². The maximum absolute atomic E-state index is 12.6. The van der Waals surface area contributed by atoms with Crippen LogP contribution >= 0.6 is 12.6 Å². The van der Waals surface area contributed by atoms with Crippen LogP contribution in [0.3, 0.4) is 0 Å². The van der Waals surface area contributed by atoms with Crippen LogP contribution in [0.1, 0.15) is 19.4 Å². The summed E-state index contributed by atoms with van der Waals surface area (Å²) in [5.41, 5.74) is 7.81. The quantitative estimate of drug-likeness (QED) is 0.188. The number of aromatic nitrogens is 1. The highest BCUT2D eigenvalue weighted by Gasteiger charge is 2.29. The molecule has 0 fully saturated rings. The smallest absolute Gasteiger partial charge is 0.328 e. The van der Waals surface area contributed by atoms with E-state index in [0.29, 0.717) is 0 Å². The van der Waals surface area contributed by atoms with Crippen LogP contribution in [0.2, 0.25) is 0 Å². The van der Waals surface area contributed by atoms with Gasteiger partial charge in [0.15, 0.2) is 6.04 Å². The lowest BCUT2D eigenvalue weighted by molar-refractivity contribution is -0.145. The van der Waals surface area contributed by atoms with Crippen LogP contribution < -0.4 is 21.7 Å². The van der Waals surface area contributed by atoms with Crippen LogP contribution in [0.25, 0.3) is 10.9 Å². The fourth-order valence-corrected chi connectivity index (χ4v) is 3.41. The van der Waals surface area contributed by atoms with Gasteiger partial charge in [-0.1, -0.05) is 18.2 Å². The van der Waals surface area contributed by atoms with E-state index in [9.17, 15) is 24.3 Å². The Bertz CT molecular complexity index is 1010. The molecular formula is C21H29N5O6S. The Hall–Kier alpha value is -3.09. The summed E-state index contributed by atoms with van der Waals surface area (Å²) in [6.45, 7) is 2.56. The molecule has 0 radical (unpaired) electrons. The van der Waals surface area contributed by atoms with E-state index in [4.69, 9.17) is 10.8 Å². The first-order chi connectivity index (χ1) is 15.5. The zero-order valence-corrected chi connectivity index (χ0v) is 19.1.